The van der Waals surface area contributed by atoms with Gasteiger partial charge in [-0.1, -0.05) is 0 Å². The number of aryl methyl sites for hydroxylation is 1. The van der Waals surface area contributed by atoms with Crippen molar-refractivity contribution in [2.24, 2.45) is 5.92 Å². The molecule has 0 radical (unpaired) electrons. The van der Waals surface area contributed by atoms with Crippen molar-refractivity contribution >= 4 is 29.2 Å². The molecule has 1 unspecified atom stereocenters. The van der Waals surface area contributed by atoms with Crippen molar-refractivity contribution in [2.75, 3.05) is 31.0 Å². The van der Waals surface area contributed by atoms with Gasteiger partial charge < -0.3 is 24.8 Å². The average Bonchev–Trinajstić information content (AvgIpc) is 3.08. The van der Waals surface area contributed by atoms with Crippen LogP contribution < -0.4 is 19.7 Å². The minimum Gasteiger partial charge on any atom is -0.497 e. The van der Waals surface area contributed by atoms with E-state index in [1.807, 2.05) is 0 Å². The third-order valence-electron chi connectivity index (χ3n) is 4.90. The Balaban J connectivity index is 1.74. The molecule has 2 N–H and O–H groups in total. The van der Waals surface area contributed by atoms with Crippen LogP contribution in [-0.2, 0) is 9.59 Å². The lowest BCUT2D eigenvalue weighted by Gasteiger charge is -2.20. The second-order valence-electron chi connectivity index (χ2n) is 6.77. The van der Waals surface area contributed by atoms with E-state index < -0.39 is 11.9 Å². The first-order chi connectivity index (χ1) is 13.8. The van der Waals surface area contributed by atoms with Gasteiger partial charge >= 0.3 is 5.97 Å². The van der Waals surface area contributed by atoms with E-state index in [-0.39, 0.29) is 30.3 Å². The zero-order valence-electron chi connectivity index (χ0n) is 16.4. The molecular weight excluding hydrogens is 376 g/mol. The number of methoxy groups -OCH3 is 2. The second-order valence-corrected chi connectivity index (χ2v) is 6.77. The zero-order chi connectivity index (χ0) is 21.1. The Hall–Kier alpha value is -3.55. The lowest BCUT2D eigenvalue weighted by Crippen LogP contribution is -2.28. The van der Waals surface area contributed by atoms with E-state index in [0.29, 0.717) is 28.4 Å². The number of anilines is 2. The van der Waals surface area contributed by atoms with Gasteiger partial charge in [-0.2, -0.15) is 0 Å². The fourth-order valence-electron chi connectivity index (χ4n) is 3.35. The van der Waals surface area contributed by atoms with Crippen molar-refractivity contribution in [2.45, 2.75) is 13.3 Å². The third-order valence-corrected chi connectivity index (χ3v) is 4.90. The number of carboxylic acid groups (broad SMARTS) is 1. The maximum absolute atomic E-state index is 12.7. The summed E-state index contributed by atoms with van der Waals surface area (Å²) >= 11 is 0. The predicted molar refractivity (Wildman–Crippen MR) is 107 cm³/mol. The van der Waals surface area contributed by atoms with Crippen molar-refractivity contribution < 1.29 is 29.0 Å². The topological polar surface area (TPSA) is 105 Å². The molecule has 0 bridgehead atoms. The molecule has 8 nitrogen and oxygen atoms in total. The molecule has 1 aliphatic heterocycles. The highest BCUT2D eigenvalue weighted by atomic mass is 16.5. The molecule has 0 aromatic heterocycles. The summed E-state index contributed by atoms with van der Waals surface area (Å²) in [4.78, 5) is 37.8. The van der Waals surface area contributed by atoms with Crippen LogP contribution in [0.2, 0.25) is 0 Å². The summed E-state index contributed by atoms with van der Waals surface area (Å²) in [6.07, 6.45) is 0.0766. The minimum atomic E-state index is -1.02. The van der Waals surface area contributed by atoms with Crippen LogP contribution in [0, 0.1) is 12.8 Å². The number of ether oxygens (including phenoxy) is 2. The number of aromatic carboxylic acids is 1. The highest BCUT2D eigenvalue weighted by Gasteiger charge is 2.36. The van der Waals surface area contributed by atoms with Crippen LogP contribution in [0.1, 0.15) is 22.3 Å². The summed E-state index contributed by atoms with van der Waals surface area (Å²) in [7, 11) is 3.05. The SMILES string of the molecule is COc1ccc(N2CC(C(=O)Nc3ccc(C(=O)O)c(C)c3)CC2=O)c(OC)c1. The number of benzene rings is 2. The van der Waals surface area contributed by atoms with E-state index in [1.165, 1.54) is 24.1 Å². The minimum absolute atomic E-state index is 0.0766. The van der Waals surface area contributed by atoms with Gasteiger partial charge in [-0.15, -0.1) is 0 Å². The van der Waals surface area contributed by atoms with Gasteiger partial charge in [0, 0.05) is 24.7 Å². The van der Waals surface area contributed by atoms with Crippen molar-refractivity contribution in [3.8, 4) is 11.5 Å². The summed E-state index contributed by atoms with van der Waals surface area (Å²) in [5.41, 5.74) is 1.79. The lowest BCUT2D eigenvalue weighted by molar-refractivity contribution is -0.122. The molecule has 1 atom stereocenters. The van der Waals surface area contributed by atoms with Crippen LogP contribution in [0.3, 0.4) is 0 Å². The highest BCUT2D eigenvalue weighted by molar-refractivity contribution is 6.04. The smallest absolute Gasteiger partial charge is 0.335 e. The number of carboxylic acids is 1. The molecule has 0 spiro atoms. The van der Waals surface area contributed by atoms with Crippen LogP contribution in [0.25, 0.3) is 0 Å². The van der Waals surface area contributed by atoms with Gasteiger partial charge in [-0.05, 0) is 42.8 Å². The van der Waals surface area contributed by atoms with Gasteiger partial charge in [-0.3, -0.25) is 9.59 Å². The maximum Gasteiger partial charge on any atom is 0.335 e. The lowest BCUT2D eigenvalue weighted by atomic mass is 10.1. The molecule has 29 heavy (non-hydrogen) atoms. The van der Waals surface area contributed by atoms with E-state index in [0.717, 1.165) is 0 Å². The zero-order valence-corrected chi connectivity index (χ0v) is 16.4. The molecular formula is C21H22N2O6. The van der Waals surface area contributed by atoms with E-state index >= 15 is 0 Å². The maximum atomic E-state index is 12.7. The molecule has 2 aromatic rings. The summed E-state index contributed by atoms with van der Waals surface area (Å²) in [5.74, 6) is -0.938. The predicted octanol–water partition coefficient (Wildman–Crippen LogP) is 2.70. The Morgan fingerprint density at radius 2 is 1.90 bits per heavy atom. The Morgan fingerprint density at radius 1 is 1.14 bits per heavy atom. The highest BCUT2D eigenvalue weighted by Crippen LogP contribution is 2.36. The number of amides is 2. The first-order valence-corrected chi connectivity index (χ1v) is 9.01. The number of nitrogens with one attached hydrogen (secondary N) is 1. The van der Waals surface area contributed by atoms with Crippen LogP contribution in [0.5, 0.6) is 11.5 Å². The molecule has 1 heterocycles. The Kier molecular flexibility index (Phi) is 5.72. The van der Waals surface area contributed by atoms with Crippen LogP contribution in [0.4, 0.5) is 11.4 Å². The van der Waals surface area contributed by atoms with Gasteiger partial charge in [0.1, 0.15) is 11.5 Å². The van der Waals surface area contributed by atoms with Crippen LogP contribution in [-0.4, -0.2) is 43.7 Å². The van der Waals surface area contributed by atoms with E-state index in [9.17, 15) is 14.4 Å². The van der Waals surface area contributed by atoms with Crippen LogP contribution in [0.15, 0.2) is 36.4 Å². The van der Waals surface area contributed by atoms with Crippen molar-refractivity contribution in [3.05, 3.63) is 47.5 Å². The molecule has 1 aliphatic rings. The Labute approximate surface area is 168 Å². The molecule has 8 heteroatoms. The third kappa shape index (κ3) is 4.16. The summed E-state index contributed by atoms with van der Waals surface area (Å²) < 4.78 is 10.5. The largest absolute Gasteiger partial charge is 0.497 e. The van der Waals surface area contributed by atoms with Crippen LogP contribution >= 0.6 is 0 Å². The van der Waals surface area contributed by atoms with Crippen molar-refractivity contribution in [1.29, 1.82) is 0 Å². The quantitative estimate of drug-likeness (QED) is 0.775. The number of nitrogens with zero attached hydrogens (tertiary/aromatic N) is 1. The number of hydrogen-bond donors (Lipinski definition) is 2. The monoisotopic (exact) mass is 398 g/mol. The van der Waals surface area contributed by atoms with E-state index in [1.54, 1.807) is 38.3 Å². The first kappa shape index (κ1) is 20.2. The van der Waals surface area contributed by atoms with Gasteiger partial charge in [-0.25, -0.2) is 4.79 Å². The Bertz CT molecular complexity index is 972. The molecule has 1 fully saturated rings. The summed E-state index contributed by atoms with van der Waals surface area (Å²) in [6.45, 7) is 1.88. The summed E-state index contributed by atoms with van der Waals surface area (Å²) in [6, 6.07) is 9.72. The van der Waals surface area contributed by atoms with Crippen molar-refractivity contribution in [1.82, 2.24) is 0 Å². The average molecular weight is 398 g/mol. The molecule has 0 aliphatic carbocycles. The number of carbonyl (C=O) groups excluding carboxylic acids is 2. The fraction of sp³-hybridized carbons (Fsp3) is 0.286. The van der Waals surface area contributed by atoms with Crippen molar-refractivity contribution in [3.63, 3.8) is 0 Å². The molecule has 2 amide bonds. The van der Waals surface area contributed by atoms with Gasteiger partial charge in [0.05, 0.1) is 31.4 Å². The number of rotatable bonds is 6. The van der Waals surface area contributed by atoms with Gasteiger partial charge in [0.25, 0.3) is 0 Å². The fourth-order valence-corrected chi connectivity index (χ4v) is 3.35. The number of hydrogen-bond acceptors (Lipinski definition) is 5. The van der Waals surface area contributed by atoms with Gasteiger partial charge in [0.2, 0.25) is 11.8 Å². The standard InChI is InChI=1S/C21H22N2O6/c1-12-8-14(4-6-16(12)21(26)27)22-20(25)13-9-19(24)23(11-13)17-7-5-15(28-2)10-18(17)29-3/h4-8,10,13H,9,11H2,1-3H3,(H,22,25)(H,26,27). The van der Waals surface area contributed by atoms with Gasteiger partial charge in [0.15, 0.2) is 0 Å². The van der Waals surface area contributed by atoms with E-state index in [2.05, 4.69) is 5.32 Å². The molecule has 1 saturated heterocycles. The Morgan fingerprint density at radius 3 is 2.52 bits per heavy atom. The normalized spacial score (nSPS) is 15.9. The molecule has 152 valence electrons. The second kappa shape index (κ2) is 8.22. The number of carbonyl (C=O) groups is 3. The molecule has 2 aromatic carbocycles. The molecule has 3 rings (SSSR count). The summed E-state index contributed by atoms with van der Waals surface area (Å²) in [5, 5.41) is 11.9. The molecule has 0 saturated carbocycles. The first-order valence-electron chi connectivity index (χ1n) is 9.01. The van der Waals surface area contributed by atoms with E-state index in [4.69, 9.17) is 14.6 Å².